The number of nitrogens with zero attached hydrogens (tertiary/aromatic N) is 3. The number of hydrogen-bond acceptors (Lipinski definition) is 6. The topological polar surface area (TPSA) is 81.6 Å². The predicted octanol–water partition coefficient (Wildman–Crippen LogP) is 3.98. The average Bonchev–Trinajstić information content (AvgIpc) is 2.72. The van der Waals surface area contributed by atoms with Crippen LogP contribution in [0.4, 0.5) is 4.79 Å². The average molecular weight is 397 g/mol. The molecule has 0 unspecified atom stereocenters. The van der Waals surface area contributed by atoms with Crippen LogP contribution in [0.5, 0.6) is 5.75 Å². The minimum atomic E-state index is -0.474. The van der Waals surface area contributed by atoms with Crippen molar-refractivity contribution in [2.45, 2.75) is 39.2 Å². The molecule has 0 saturated carbocycles. The molecule has 0 N–H and O–H groups in total. The van der Waals surface area contributed by atoms with E-state index in [0.29, 0.717) is 42.8 Å². The van der Waals surface area contributed by atoms with E-state index < -0.39 is 5.60 Å². The number of benzene rings is 1. The van der Waals surface area contributed by atoms with Crippen molar-refractivity contribution in [3.8, 4) is 17.1 Å². The Hall–Kier alpha value is -2.96. The largest absolute Gasteiger partial charge is 0.490 e. The van der Waals surface area contributed by atoms with Gasteiger partial charge in [0.1, 0.15) is 11.9 Å². The van der Waals surface area contributed by atoms with Crippen molar-refractivity contribution in [1.29, 1.82) is 0 Å². The van der Waals surface area contributed by atoms with E-state index in [4.69, 9.17) is 9.47 Å². The first kappa shape index (κ1) is 20.8. The highest BCUT2D eigenvalue weighted by atomic mass is 16.6. The Morgan fingerprint density at radius 3 is 2.52 bits per heavy atom. The molecular formula is C22H27N3O4. The molecular weight excluding hydrogens is 370 g/mol. The second-order valence-corrected chi connectivity index (χ2v) is 8.21. The molecule has 0 atom stereocenters. The lowest BCUT2D eigenvalue weighted by atomic mass is 9.98. The zero-order chi connectivity index (χ0) is 20.9. The van der Waals surface area contributed by atoms with Crippen LogP contribution >= 0.6 is 0 Å². The standard InChI is InChI=1S/C22H27N3O4/c1-22(2,3)29-21(27)25-9-7-16(8-10-25)15-28-19-12-23-20(24-13-19)18-6-4-5-17(11-18)14-26/h4-6,11-14,16H,7-10,15H2,1-3H3. The second-order valence-electron chi connectivity index (χ2n) is 8.21. The number of rotatable bonds is 5. The van der Waals surface area contributed by atoms with Crippen molar-refractivity contribution in [3.63, 3.8) is 0 Å². The molecule has 3 rings (SSSR count). The number of piperidine rings is 1. The number of aromatic nitrogens is 2. The van der Waals surface area contributed by atoms with Gasteiger partial charge in [-0.1, -0.05) is 18.2 Å². The SMILES string of the molecule is CC(C)(C)OC(=O)N1CCC(COc2cnc(-c3cccc(C=O)c3)nc2)CC1. The fourth-order valence-electron chi connectivity index (χ4n) is 3.11. The summed E-state index contributed by atoms with van der Waals surface area (Å²) in [6.45, 7) is 7.52. The van der Waals surface area contributed by atoms with Crippen LogP contribution in [-0.2, 0) is 4.74 Å². The van der Waals surface area contributed by atoms with E-state index in [1.807, 2.05) is 26.8 Å². The Balaban J connectivity index is 1.47. The summed E-state index contributed by atoms with van der Waals surface area (Å²) in [7, 11) is 0. The number of carbonyl (C=O) groups excluding carboxylic acids is 2. The molecule has 2 aromatic rings. The van der Waals surface area contributed by atoms with Gasteiger partial charge >= 0.3 is 6.09 Å². The van der Waals surface area contributed by atoms with Gasteiger partial charge in [-0.25, -0.2) is 14.8 Å². The van der Waals surface area contributed by atoms with E-state index in [2.05, 4.69) is 9.97 Å². The number of hydrogen-bond donors (Lipinski definition) is 0. The van der Waals surface area contributed by atoms with Gasteiger partial charge in [0.25, 0.3) is 0 Å². The molecule has 7 nitrogen and oxygen atoms in total. The molecule has 1 aromatic heterocycles. The summed E-state index contributed by atoms with van der Waals surface area (Å²) in [5.41, 5.74) is 0.900. The van der Waals surface area contributed by atoms with Crippen molar-refractivity contribution in [2.75, 3.05) is 19.7 Å². The highest BCUT2D eigenvalue weighted by molar-refractivity contribution is 5.77. The number of ether oxygens (including phenoxy) is 2. The molecule has 1 saturated heterocycles. The van der Waals surface area contributed by atoms with Gasteiger partial charge < -0.3 is 14.4 Å². The van der Waals surface area contributed by atoms with Crippen LogP contribution in [-0.4, -0.2) is 52.5 Å². The third-order valence-corrected chi connectivity index (χ3v) is 4.66. The Morgan fingerprint density at radius 1 is 1.21 bits per heavy atom. The fraction of sp³-hybridized carbons (Fsp3) is 0.455. The van der Waals surface area contributed by atoms with Gasteiger partial charge in [0.15, 0.2) is 11.6 Å². The number of amides is 1. The summed E-state index contributed by atoms with van der Waals surface area (Å²) in [6, 6.07) is 7.15. The Bertz CT molecular complexity index is 838. The van der Waals surface area contributed by atoms with Crippen molar-refractivity contribution in [2.24, 2.45) is 5.92 Å². The van der Waals surface area contributed by atoms with Crippen LogP contribution in [0, 0.1) is 5.92 Å². The maximum absolute atomic E-state index is 12.1. The monoisotopic (exact) mass is 397 g/mol. The van der Waals surface area contributed by atoms with Crippen LogP contribution in [0.25, 0.3) is 11.4 Å². The van der Waals surface area contributed by atoms with E-state index in [0.717, 1.165) is 24.7 Å². The smallest absolute Gasteiger partial charge is 0.410 e. The van der Waals surface area contributed by atoms with E-state index in [1.165, 1.54) is 0 Å². The lowest BCUT2D eigenvalue weighted by molar-refractivity contribution is 0.0164. The first-order valence-electron chi connectivity index (χ1n) is 9.82. The van der Waals surface area contributed by atoms with Crippen LogP contribution in [0.3, 0.4) is 0 Å². The second kappa shape index (κ2) is 9.03. The van der Waals surface area contributed by atoms with Gasteiger partial charge in [0.05, 0.1) is 19.0 Å². The van der Waals surface area contributed by atoms with E-state index in [-0.39, 0.29) is 6.09 Å². The van der Waals surface area contributed by atoms with Crippen molar-refractivity contribution in [3.05, 3.63) is 42.2 Å². The molecule has 0 aliphatic carbocycles. The maximum atomic E-state index is 12.1. The van der Waals surface area contributed by atoms with Gasteiger partial charge in [0, 0.05) is 24.2 Å². The zero-order valence-corrected chi connectivity index (χ0v) is 17.1. The molecule has 1 amide bonds. The molecule has 1 fully saturated rings. The zero-order valence-electron chi connectivity index (χ0n) is 17.1. The fourth-order valence-corrected chi connectivity index (χ4v) is 3.11. The minimum absolute atomic E-state index is 0.250. The molecule has 2 heterocycles. The summed E-state index contributed by atoms with van der Waals surface area (Å²) < 4.78 is 11.3. The normalized spacial score (nSPS) is 15.1. The molecule has 1 aliphatic heterocycles. The van der Waals surface area contributed by atoms with Crippen LogP contribution < -0.4 is 4.74 Å². The summed E-state index contributed by atoms with van der Waals surface area (Å²) in [5.74, 6) is 1.53. The Labute approximate surface area is 171 Å². The van der Waals surface area contributed by atoms with E-state index >= 15 is 0 Å². The highest BCUT2D eigenvalue weighted by Gasteiger charge is 2.27. The molecule has 0 radical (unpaired) electrons. The molecule has 0 bridgehead atoms. The predicted molar refractivity (Wildman–Crippen MR) is 109 cm³/mol. The van der Waals surface area contributed by atoms with Gasteiger partial charge in [-0.15, -0.1) is 0 Å². The van der Waals surface area contributed by atoms with E-state index in [9.17, 15) is 9.59 Å². The first-order valence-corrected chi connectivity index (χ1v) is 9.82. The molecule has 1 aliphatic rings. The Morgan fingerprint density at radius 2 is 1.90 bits per heavy atom. The lowest BCUT2D eigenvalue weighted by Crippen LogP contribution is -2.42. The van der Waals surface area contributed by atoms with E-state index in [1.54, 1.807) is 35.5 Å². The number of aldehydes is 1. The molecule has 29 heavy (non-hydrogen) atoms. The first-order chi connectivity index (χ1) is 13.8. The third-order valence-electron chi connectivity index (χ3n) is 4.66. The summed E-state index contributed by atoms with van der Waals surface area (Å²) in [6.07, 6.45) is 5.58. The molecule has 7 heteroatoms. The van der Waals surface area contributed by atoms with Gasteiger partial charge in [-0.3, -0.25) is 4.79 Å². The van der Waals surface area contributed by atoms with Crippen molar-refractivity contribution in [1.82, 2.24) is 14.9 Å². The van der Waals surface area contributed by atoms with Gasteiger partial charge in [-0.2, -0.15) is 0 Å². The number of carbonyl (C=O) groups is 2. The summed E-state index contributed by atoms with van der Waals surface area (Å²) in [5, 5.41) is 0. The van der Waals surface area contributed by atoms with Crippen LogP contribution in [0.1, 0.15) is 44.0 Å². The van der Waals surface area contributed by atoms with Crippen molar-refractivity contribution < 1.29 is 19.1 Å². The van der Waals surface area contributed by atoms with Crippen LogP contribution in [0.2, 0.25) is 0 Å². The molecule has 0 spiro atoms. The molecule has 154 valence electrons. The minimum Gasteiger partial charge on any atom is -0.490 e. The Kier molecular flexibility index (Phi) is 6.46. The van der Waals surface area contributed by atoms with Gasteiger partial charge in [-0.05, 0) is 45.6 Å². The summed E-state index contributed by atoms with van der Waals surface area (Å²) >= 11 is 0. The highest BCUT2D eigenvalue weighted by Crippen LogP contribution is 2.22. The maximum Gasteiger partial charge on any atom is 0.410 e. The lowest BCUT2D eigenvalue weighted by Gasteiger charge is -2.33. The third kappa shape index (κ3) is 6.01. The summed E-state index contributed by atoms with van der Waals surface area (Å²) in [4.78, 5) is 33.5. The van der Waals surface area contributed by atoms with Crippen molar-refractivity contribution >= 4 is 12.4 Å². The van der Waals surface area contributed by atoms with Crippen LogP contribution in [0.15, 0.2) is 36.7 Å². The van der Waals surface area contributed by atoms with Gasteiger partial charge in [0.2, 0.25) is 0 Å². The number of likely N-dealkylation sites (tertiary alicyclic amines) is 1. The molecule has 1 aromatic carbocycles. The quantitative estimate of drug-likeness (QED) is 0.710.